The third-order valence-corrected chi connectivity index (χ3v) is 5.91. The average molecular weight is 474 g/mol. The first-order chi connectivity index (χ1) is 16.9. The van der Waals surface area contributed by atoms with Gasteiger partial charge in [-0.05, 0) is 48.9 Å². The molecule has 3 amide bonds. The van der Waals surface area contributed by atoms with E-state index in [0.717, 1.165) is 16.6 Å². The lowest BCUT2D eigenvalue weighted by Crippen LogP contribution is -2.51. The molecule has 0 radical (unpaired) electrons. The highest BCUT2D eigenvalue weighted by atomic mass is 19.1. The Kier molecular flexibility index (Phi) is 7.40. The van der Waals surface area contributed by atoms with Gasteiger partial charge >= 0.3 is 6.03 Å². The van der Waals surface area contributed by atoms with Crippen molar-refractivity contribution in [2.45, 2.75) is 13.8 Å². The molecule has 1 saturated heterocycles. The normalized spacial score (nSPS) is 14.7. The van der Waals surface area contributed by atoms with E-state index in [-0.39, 0.29) is 17.6 Å². The number of nitrogens with zero attached hydrogens (tertiary/aromatic N) is 3. The van der Waals surface area contributed by atoms with Crippen LogP contribution in [-0.4, -0.2) is 53.8 Å². The molecular formula is C27H28FN5O2. The maximum atomic E-state index is 13.8. The number of nitrogens with one attached hydrogen (secondary N) is 2. The third-order valence-electron chi connectivity index (χ3n) is 5.91. The summed E-state index contributed by atoms with van der Waals surface area (Å²) < 4.78 is 13.8. The number of aliphatic imine (C=N–C) groups is 1. The van der Waals surface area contributed by atoms with Crippen LogP contribution in [0.5, 0.6) is 0 Å². The van der Waals surface area contributed by atoms with Crippen molar-refractivity contribution in [2.24, 2.45) is 4.99 Å². The predicted octanol–water partition coefficient (Wildman–Crippen LogP) is 4.84. The van der Waals surface area contributed by atoms with Crippen LogP contribution < -0.4 is 10.6 Å². The maximum Gasteiger partial charge on any atom is 0.322 e. The Morgan fingerprint density at radius 2 is 1.54 bits per heavy atom. The highest BCUT2D eigenvalue weighted by molar-refractivity contribution is 5.99. The topological polar surface area (TPSA) is 77.0 Å². The molecule has 0 aliphatic carbocycles. The first-order valence-electron chi connectivity index (χ1n) is 11.5. The molecule has 0 unspecified atom stereocenters. The van der Waals surface area contributed by atoms with Crippen LogP contribution in [0.15, 0.2) is 83.6 Å². The van der Waals surface area contributed by atoms with Gasteiger partial charge in [0.25, 0.3) is 5.91 Å². The summed E-state index contributed by atoms with van der Waals surface area (Å²) in [4.78, 5) is 33.3. The summed E-state index contributed by atoms with van der Waals surface area (Å²) >= 11 is 0. The number of amidine groups is 1. The Balaban J connectivity index is 1.29. The van der Waals surface area contributed by atoms with E-state index in [2.05, 4.69) is 20.5 Å². The quantitative estimate of drug-likeness (QED) is 0.421. The number of allylic oxidation sites excluding steroid dienone is 1. The lowest BCUT2D eigenvalue weighted by atomic mass is 10.1. The minimum Gasteiger partial charge on any atom is -0.357 e. The number of fused-ring (bicyclic) bond motifs is 1. The van der Waals surface area contributed by atoms with Crippen molar-refractivity contribution in [3.8, 4) is 0 Å². The van der Waals surface area contributed by atoms with Gasteiger partial charge in [0.05, 0.1) is 5.69 Å². The summed E-state index contributed by atoms with van der Waals surface area (Å²) in [6, 6.07) is 19.3. The SMILES string of the molecule is CC(=CN=C(C)N1CCN(C(=O)Nc2ccccc2F)CC1)NC(=O)c1ccc2ccccc2c1. The molecule has 1 aliphatic heterocycles. The molecule has 1 fully saturated rings. The summed E-state index contributed by atoms with van der Waals surface area (Å²) in [5, 5.41) is 7.59. The zero-order valence-corrected chi connectivity index (χ0v) is 19.8. The van der Waals surface area contributed by atoms with Crippen molar-refractivity contribution in [2.75, 3.05) is 31.5 Å². The van der Waals surface area contributed by atoms with Crippen molar-refractivity contribution in [1.29, 1.82) is 0 Å². The number of anilines is 1. The van der Waals surface area contributed by atoms with E-state index >= 15 is 0 Å². The summed E-state index contributed by atoms with van der Waals surface area (Å²) in [7, 11) is 0. The number of carbonyl (C=O) groups excluding carboxylic acids is 2. The molecule has 180 valence electrons. The first kappa shape index (κ1) is 23.9. The van der Waals surface area contributed by atoms with Crippen LogP contribution >= 0.6 is 0 Å². The lowest BCUT2D eigenvalue weighted by Gasteiger charge is -2.35. The summed E-state index contributed by atoms with van der Waals surface area (Å²) in [6.07, 6.45) is 1.63. The third kappa shape index (κ3) is 6.03. The number of urea groups is 1. The van der Waals surface area contributed by atoms with Crippen LogP contribution in [-0.2, 0) is 0 Å². The van der Waals surface area contributed by atoms with Crippen molar-refractivity contribution in [3.63, 3.8) is 0 Å². The Bertz CT molecular complexity index is 1300. The van der Waals surface area contributed by atoms with Crippen LogP contribution in [0.2, 0.25) is 0 Å². The minimum absolute atomic E-state index is 0.170. The second kappa shape index (κ2) is 10.8. The lowest BCUT2D eigenvalue weighted by molar-refractivity contribution is 0.0966. The minimum atomic E-state index is -0.461. The van der Waals surface area contributed by atoms with Gasteiger partial charge in [-0.2, -0.15) is 0 Å². The monoisotopic (exact) mass is 473 g/mol. The van der Waals surface area contributed by atoms with Crippen molar-refractivity contribution in [1.82, 2.24) is 15.1 Å². The van der Waals surface area contributed by atoms with Gasteiger partial charge in [-0.3, -0.25) is 4.79 Å². The fourth-order valence-corrected chi connectivity index (χ4v) is 3.88. The van der Waals surface area contributed by atoms with Gasteiger partial charge in [-0.1, -0.05) is 42.5 Å². The van der Waals surface area contributed by atoms with Crippen molar-refractivity contribution in [3.05, 3.63) is 90.0 Å². The molecule has 1 aliphatic rings. The van der Waals surface area contributed by atoms with Gasteiger partial charge in [-0.25, -0.2) is 14.2 Å². The van der Waals surface area contributed by atoms with E-state index in [9.17, 15) is 14.0 Å². The molecule has 1 heterocycles. The molecule has 2 N–H and O–H groups in total. The van der Waals surface area contributed by atoms with Gasteiger partial charge in [0.2, 0.25) is 0 Å². The second-order valence-corrected chi connectivity index (χ2v) is 8.39. The number of hydrogen-bond donors (Lipinski definition) is 2. The Morgan fingerprint density at radius 1 is 0.886 bits per heavy atom. The van der Waals surface area contributed by atoms with Gasteiger partial charge in [0.15, 0.2) is 0 Å². The highest BCUT2D eigenvalue weighted by Crippen LogP contribution is 2.16. The molecule has 0 aromatic heterocycles. The van der Waals surface area contributed by atoms with Crippen LogP contribution in [0.4, 0.5) is 14.9 Å². The summed E-state index contributed by atoms with van der Waals surface area (Å²) in [5.74, 6) is 0.141. The van der Waals surface area contributed by atoms with Crippen LogP contribution in [0, 0.1) is 5.82 Å². The number of hydrogen-bond acceptors (Lipinski definition) is 3. The molecule has 7 nitrogen and oxygen atoms in total. The number of para-hydroxylation sites is 1. The van der Waals surface area contributed by atoms with Crippen LogP contribution in [0.25, 0.3) is 10.8 Å². The van der Waals surface area contributed by atoms with E-state index in [4.69, 9.17) is 0 Å². The number of piperazine rings is 1. The standard InChI is InChI=1S/C27H28FN5O2/c1-19(30-26(34)23-12-11-21-7-3-4-8-22(21)17-23)18-29-20(2)32-13-15-33(16-14-32)27(35)31-25-10-6-5-9-24(25)28/h3-12,17-18H,13-16H2,1-2H3,(H,30,34)(H,31,35). The molecule has 3 aromatic rings. The van der Waals surface area contributed by atoms with Crippen molar-refractivity contribution < 1.29 is 14.0 Å². The zero-order chi connectivity index (χ0) is 24.8. The van der Waals surface area contributed by atoms with Gasteiger partial charge in [-0.15, -0.1) is 0 Å². The van der Waals surface area contributed by atoms with Gasteiger partial charge in [0.1, 0.15) is 11.7 Å². The van der Waals surface area contributed by atoms with E-state index < -0.39 is 5.82 Å². The number of halogens is 1. The molecule has 3 aromatic carbocycles. The number of carbonyl (C=O) groups is 2. The van der Waals surface area contributed by atoms with Crippen LogP contribution in [0.3, 0.4) is 0 Å². The van der Waals surface area contributed by atoms with Gasteiger partial charge in [0, 0.05) is 43.6 Å². The maximum absolute atomic E-state index is 13.8. The smallest absolute Gasteiger partial charge is 0.322 e. The first-order valence-corrected chi connectivity index (χ1v) is 11.5. The zero-order valence-electron chi connectivity index (χ0n) is 19.8. The number of rotatable bonds is 4. The van der Waals surface area contributed by atoms with Gasteiger partial charge < -0.3 is 20.4 Å². The summed E-state index contributed by atoms with van der Waals surface area (Å²) in [5.41, 5.74) is 1.39. The molecule has 8 heteroatoms. The number of benzene rings is 3. The number of amides is 3. The van der Waals surface area contributed by atoms with E-state index in [1.165, 1.54) is 12.1 Å². The van der Waals surface area contributed by atoms with E-state index in [1.807, 2.05) is 43.3 Å². The molecule has 0 bridgehead atoms. The average Bonchev–Trinajstić information content (AvgIpc) is 2.88. The Labute approximate surface area is 203 Å². The van der Waals surface area contributed by atoms with Crippen molar-refractivity contribution >= 4 is 34.2 Å². The van der Waals surface area contributed by atoms with E-state index in [1.54, 1.807) is 36.2 Å². The molecule has 0 atom stereocenters. The Hall–Kier alpha value is -4.20. The van der Waals surface area contributed by atoms with Crippen LogP contribution in [0.1, 0.15) is 24.2 Å². The predicted molar refractivity (Wildman–Crippen MR) is 137 cm³/mol. The molecule has 0 saturated carbocycles. The fourth-order valence-electron chi connectivity index (χ4n) is 3.88. The van der Waals surface area contributed by atoms with E-state index in [0.29, 0.717) is 37.4 Å². The fraction of sp³-hybridized carbons (Fsp3) is 0.222. The molecular weight excluding hydrogens is 445 g/mol. The summed E-state index contributed by atoms with van der Waals surface area (Å²) in [6.45, 7) is 5.89. The second-order valence-electron chi connectivity index (χ2n) is 8.39. The highest BCUT2D eigenvalue weighted by Gasteiger charge is 2.22. The molecule has 35 heavy (non-hydrogen) atoms. The Morgan fingerprint density at radius 3 is 2.29 bits per heavy atom. The largest absolute Gasteiger partial charge is 0.357 e. The molecule has 4 rings (SSSR count). The molecule has 0 spiro atoms.